The van der Waals surface area contributed by atoms with Crippen LogP contribution < -0.4 is 10.1 Å². The van der Waals surface area contributed by atoms with Crippen molar-refractivity contribution in [2.45, 2.75) is 0 Å². The van der Waals surface area contributed by atoms with Gasteiger partial charge in [0.2, 0.25) is 21.9 Å². The molecule has 0 fully saturated rings. The van der Waals surface area contributed by atoms with Crippen LogP contribution in [0.2, 0.25) is 10.6 Å². The van der Waals surface area contributed by atoms with Crippen molar-refractivity contribution in [3.8, 4) is 0 Å². The number of hydrogen-bond acceptors (Lipinski definition) is 6. The zero-order valence-electron chi connectivity index (χ0n) is 12.6. The number of hydrogen-bond donors (Lipinski definition) is 1. The molecule has 1 heterocycles. The third-order valence-corrected chi connectivity index (χ3v) is 3.69. The van der Waals surface area contributed by atoms with Gasteiger partial charge >= 0.3 is 0 Å². The Bertz CT molecular complexity index is 835. The number of quaternary nitrogens is 1. The maximum Gasteiger partial charge on any atom is 0.281 e. The Hall–Kier alpha value is -2.81. The number of anilines is 1. The van der Waals surface area contributed by atoms with E-state index in [1.54, 1.807) is 60.7 Å². The van der Waals surface area contributed by atoms with Gasteiger partial charge in [0.1, 0.15) is 4.70 Å². The summed E-state index contributed by atoms with van der Waals surface area (Å²) in [7, 11) is 0. The number of rotatable bonds is 5. The van der Waals surface area contributed by atoms with Crippen LogP contribution in [0.3, 0.4) is 0 Å². The van der Waals surface area contributed by atoms with E-state index in [1.165, 1.54) is 0 Å². The Labute approximate surface area is 152 Å². The summed E-state index contributed by atoms with van der Waals surface area (Å²) in [5, 5.41) is 11.3. The average molecular weight is 378 g/mol. The highest BCUT2D eigenvalue weighted by molar-refractivity contribution is 6.31. The highest BCUT2D eigenvalue weighted by atomic mass is 35.5. The second-order valence-electron chi connectivity index (χ2n) is 4.85. The molecule has 3 rings (SSSR count). The molecule has 0 saturated heterocycles. The molecule has 0 radical (unpaired) electrons. The van der Waals surface area contributed by atoms with Crippen LogP contribution in [-0.2, 0) is 0 Å². The highest BCUT2D eigenvalue weighted by Crippen LogP contribution is 2.34. The molecule has 1 aromatic heterocycles. The predicted octanol–water partition coefficient (Wildman–Crippen LogP) is 4.04. The maximum atomic E-state index is 12.2. The molecular weight excluding hydrogens is 367 g/mol. The summed E-state index contributed by atoms with van der Waals surface area (Å²) in [6.45, 7) is 0. The quantitative estimate of drug-likeness (QED) is 0.409. The van der Waals surface area contributed by atoms with Crippen molar-refractivity contribution in [2.24, 2.45) is 0 Å². The molecule has 0 saturated carbocycles. The predicted molar refractivity (Wildman–Crippen MR) is 94.8 cm³/mol. The van der Waals surface area contributed by atoms with Crippen LogP contribution in [0.5, 0.6) is 0 Å². The van der Waals surface area contributed by atoms with Crippen LogP contribution in [0.1, 0.15) is 0 Å². The first-order valence-corrected chi connectivity index (χ1v) is 7.78. The molecule has 0 spiro atoms. The minimum atomic E-state index is -0.974. The van der Waals surface area contributed by atoms with Crippen LogP contribution >= 0.6 is 23.2 Å². The lowest BCUT2D eigenvalue weighted by Crippen LogP contribution is -2.54. The van der Waals surface area contributed by atoms with Crippen LogP contribution in [0.15, 0.2) is 60.7 Å². The Morgan fingerprint density at radius 3 is 1.68 bits per heavy atom. The van der Waals surface area contributed by atoms with E-state index >= 15 is 0 Å². The van der Waals surface area contributed by atoms with Gasteiger partial charge in [-0.05, 0) is 23.2 Å². The Kier molecular flexibility index (Phi) is 4.75. The smallest absolute Gasteiger partial charge is 0.205 e. The van der Waals surface area contributed by atoms with Crippen molar-refractivity contribution in [1.29, 1.82) is 0 Å². The number of aromatic nitrogens is 3. The summed E-state index contributed by atoms with van der Waals surface area (Å²) in [6.07, 6.45) is 0. The summed E-state index contributed by atoms with van der Waals surface area (Å²) in [5.41, 5.74) is 3.39. The Morgan fingerprint density at radius 2 is 1.28 bits per heavy atom. The third kappa shape index (κ3) is 3.36. The minimum absolute atomic E-state index is 0.130. The van der Waals surface area contributed by atoms with E-state index in [0.29, 0.717) is 11.4 Å². The number of nitrogens with zero attached hydrogens (tertiary/aromatic N) is 5. The van der Waals surface area contributed by atoms with Crippen molar-refractivity contribution in [1.82, 2.24) is 19.7 Å². The van der Waals surface area contributed by atoms with E-state index in [4.69, 9.17) is 23.2 Å². The van der Waals surface area contributed by atoms with Crippen LogP contribution in [0.25, 0.3) is 0 Å². The second kappa shape index (κ2) is 6.98. The molecule has 10 heteroatoms. The van der Waals surface area contributed by atoms with E-state index in [0.717, 1.165) is 0 Å². The molecule has 0 unspecified atom stereocenters. The largest absolute Gasteiger partial charge is 0.281 e. The lowest BCUT2D eigenvalue weighted by molar-refractivity contribution is -0.617. The molecule has 2 aromatic carbocycles. The summed E-state index contributed by atoms with van der Waals surface area (Å²) in [5.74, 6) is -0.130. The van der Waals surface area contributed by atoms with Gasteiger partial charge in [-0.2, -0.15) is 15.0 Å². The lowest BCUT2D eigenvalue weighted by atomic mass is 10.2. The molecule has 0 aliphatic carbocycles. The van der Waals surface area contributed by atoms with E-state index in [1.807, 2.05) is 0 Å². The van der Waals surface area contributed by atoms with Crippen molar-refractivity contribution in [3.63, 3.8) is 0 Å². The van der Waals surface area contributed by atoms with Crippen molar-refractivity contribution < 1.29 is 5.03 Å². The minimum Gasteiger partial charge on any atom is -0.205 e. The molecule has 1 N–H and O–H groups in total. The summed E-state index contributed by atoms with van der Waals surface area (Å²) >= 11 is 11.6. The van der Waals surface area contributed by atoms with Gasteiger partial charge < -0.3 is 0 Å². The van der Waals surface area contributed by atoms with Crippen LogP contribution in [0, 0.1) is 10.1 Å². The monoisotopic (exact) mass is 377 g/mol. The molecular formula is C15H11Cl2N6O2+. The van der Waals surface area contributed by atoms with Crippen molar-refractivity contribution in [2.75, 3.05) is 5.43 Å². The zero-order chi connectivity index (χ0) is 17.9. The molecule has 0 aliphatic heterocycles. The van der Waals surface area contributed by atoms with E-state index < -0.39 is 9.73 Å². The first kappa shape index (κ1) is 17.0. The Balaban J connectivity index is 2.22. The fourth-order valence-electron chi connectivity index (χ4n) is 2.32. The molecule has 8 nitrogen and oxygen atoms in total. The number of benzene rings is 2. The van der Waals surface area contributed by atoms with Gasteiger partial charge in [-0.25, -0.2) is 10.1 Å². The van der Waals surface area contributed by atoms with Gasteiger partial charge in [-0.1, -0.05) is 36.4 Å². The Morgan fingerprint density at radius 1 is 0.840 bits per heavy atom. The molecule has 126 valence electrons. The molecule has 0 bridgehead atoms. The van der Waals surface area contributed by atoms with E-state index in [2.05, 4.69) is 20.4 Å². The van der Waals surface area contributed by atoms with Gasteiger partial charge in [-0.3, -0.25) is 0 Å². The van der Waals surface area contributed by atoms with Crippen LogP contribution in [-0.4, -0.2) is 20.0 Å². The molecule has 0 aliphatic rings. The number of halogens is 2. The topological polar surface area (TPSA) is 93.8 Å². The van der Waals surface area contributed by atoms with Gasteiger partial charge in [0.25, 0.3) is 11.0 Å². The van der Waals surface area contributed by atoms with Crippen molar-refractivity contribution >= 4 is 40.5 Å². The molecule has 0 atom stereocenters. The summed E-state index contributed by atoms with van der Waals surface area (Å²) in [4.78, 5) is 23.6. The average Bonchev–Trinajstić information content (AvgIpc) is 2.60. The molecule has 25 heavy (non-hydrogen) atoms. The normalized spacial score (nSPS) is 11.1. The second-order valence-corrected chi connectivity index (χ2v) is 5.53. The summed E-state index contributed by atoms with van der Waals surface area (Å²) < 4.78 is -0.974. The first-order valence-electron chi connectivity index (χ1n) is 7.03. The van der Waals surface area contributed by atoms with E-state index in [9.17, 15) is 10.1 Å². The number of para-hydroxylation sites is 2. The fraction of sp³-hybridized carbons (Fsp3) is 0. The SMILES string of the molecule is O=[N+]([O-])[N+](Nc1nc(Cl)nc(Cl)n1)(c1ccccc1)c1ccccc1. The van der Waals surface area contributed by atoms with Crippen LogP contribution in [0.4, 0.5) is 17.3 Å². The van der Waals surface area contributed by atoms with Gasteiger partial charge in [0, 0.05) is 24.3 Å². The standard InChI is InChI=1S/C15H11Cl2N6O2/c16-13-18-14(17)20-15(19-13)21-23(22(24)25,11-7-3-1-4-8-11)12-9-5-2-6-10-12/h1-10H,(H,18,19,20,21)/q+1. The lowest BCUT2D eigenvalue weighted by Gasteiger charge is -2.24. The summed E-state index contributed by atoms with van der Waals surface area (Å²) in [6, 6.07) is 16.8. The molecule has 0 amide bonds. The zero-order valence-corrected chi connectivity index (χ0v) is 14.1. The van der Waals surface area contributed by atoms with Gasteiger partial charge in [-0.15, -0.1) is 5.43 Å². The molecule has 3 aromatic rings. The third-order valence-electron chi connectivity index (χ3n) is 3.35. The van der Waals surface area contributed by atoms with E-state index in [-0.39, 0.29) is 16.5 Å². The van der Waals surface area contributed by atoms with Gasteiger partial charge in [0.05, 0.1) is 0 Å². The maximum absolute atomic E-state index is 12.2. The van der Waals surface area contributed by atoms with Gasteiger partial charge in [0.15, 0.2) is 0 Å². The number of nitro groups is 1. The highest BCUT2D eigenvalue weighted by Gasteiger charge is 2.48. The fourth-order valence-corrected chi connectivity index (χ4v) is 2.68. The number of nitrogens with one attached hydrogen (secondary N) is 1. The van der Waals surface area contributed by atoms with Crippen molar-refractivity contribution in [3.05, 3.63) is 81.3 Å². The first-order chi connectivity index (χ1) is 12.0.